The molecule has 1 saturated carbocycles. The maximum Gasteiger partial charge on any atom is 0.314 e. The second-order valence-electron chi connectivity index (χ2n) is 4.37. The molecule has 0 heterocycles. The minimum atomic E-state index is -1.11. The molecule has 86 valence electrons. The zero-order chi connectivity index (χ0) is 11.9. The molecule has 2 nitrogen and oxygen atoms in total. The van der Waals surface area contributed by atoms with Gasteiger partial charge in [0.1, 0.15) is 11.6 Å². The number of carboxylic acid groups (broad SMARTS) is 1. The lowest BCUT2D eigenvalue weighted by Crippen LogP contribution is -2.49. The fourth-order valence-corrected chi connectivity index (χ4v) is 2.40. The van der Waals surface area contributed by atoms with Crippen molar-refractivity contribution >= 4 is 5.97 Å². The Labute approximate surface area is 91.9 Å². The van der Waals surface area contributed by atoms with E-state index in [0.717, 1.165) is 24.6 Å². The van der Waals surface area contributed by atoms with E-state index in [0.29, 0.717) is 6.42 Å². The monoisotopic (exact) mass is 226 g/mol. The van der Waals surface area contributed by atoms with Crippen molar-refractivity contribution in [1.82, 2.24) is 0 Å². The lowest BCUT2D eigenvalue weighted by Gasteiger charge is -2.44. The highest BCUT2D eigenvalue weighted by atomic mass is 19.1. The van der Waals surface area contributed by atoms with Gasteiger partial charge in [0.25, 0.3) is 0 Å². The Morgan fingerprint density at radius 1 is 1.38 bits per heavy atom. The summed E-state index contributed by atoms with van der Waals surface area (Å²) in [6, 6.07) is 2.99. The van der Waals surface area contributed by atoms with E-state index < -0.39 is 23.0 Å². The summed E-state index contributed by atoms with van der Waals surface area (Å²) in [6.45, 7) is 1.79. The highest BCUT2D eigenvalue weighted by molar-refractivity contribution is 5.83. The van der Waals surface area contributed by atoms with E-state index in [1.165, 1.54) is 0 Å². The minimum Gasteiger partial charge on any atom is -0.481 e. The summed E-state index contributed by atoms with van der Waals surface area (Å²) >= 11 is 0. The van der Waals surface area contributed by atoms with Gasteiger partial charge >= 0.3 is 5.97 Å². The zero-order valence-corrected chi connectivity index (χ0v) is 8.84. The summed E-state index contributed by atoms with van der Waals surface area (Å²) < 4.78 is 26.2. The highest BCUT2D eigenvalue weighted by Crippen LogP contribution is 2.49. The number of benzene rings is 1. The van der Waals surface area contributed by atoms with Crippen LogP contribution in [-0.2, 0) is 10.2 Å². The molecule has 4 heteroatoms. The molecule has 1 aromatic rings. The third kappa shape index (κ3) is 1.40. The first-order valence-electron chi connectivity index (χ1n) is 5.17. The number of halogens is 2. The molecule has 1 aliphatic rings. The molecule has 16 heavy (non-hydrogen) atoms. The highest BCUT2D eigenvalue weighted by Gasteiger charge is 2.52. The van der Waals surface area contributed by atoms with Gasteiger partial charge in [-0.25, -0.2) is 8.78 Å². The summed E-state index contributed by atoms with van der Waals surface area (Å²) in [5.74, 6) is -2.55. The molecular weight excluding hydrogens is 214 g/mol. The van der Waals surface area contributed by atoms with Crippen molar-refractivity contribution < 1.29 is 18.7 Å². The number of hydrogen-bond donors (Lipinski definition) is 1. The van der Waals surface area contributed by atoms with E-state index in [2.05, 4.69) is 0 Å². The van der Waals surface area contributed by atoms with E-state index in [1.54, 1.807) is 6.92 Å². The molecule has 2 rings (SSSR count). The lowest BCUT2D eigenvalue weighted by atomic mass is 9.57. The number of carbonyl (C=O) groups is 1. The third-order valence-electron chi connectivity index (χ3n) is 3.57. The molecule has 0 saturated heterocycles. The van der Waals surface area contributed by atoms with Gasteiger partial charge in [0, 0.05) is 6.07 Å². The standard InChI is InChI=1S/C12H12F2O2/c1-7-2-3-12(7,11(15)16)8-4-9(13)6-10(14)5-8/h4-7H,2-3H2,1H3,(H,15,16). The topological polar surface area (TPSA) is 37.3 Å². The van der Waals surface area contributed by atoms with E-state index >= 15 is 0 Å². The fraction of sp³-hybridized carbons (Fsp3) is 0.417. The molecule has 2 unspecified atom stereocenters. The second-order valence-corrected chi connectivity index (χ2v) is 4.37. The van der Waals surface area contributed by atoms with E-state index in [-0.39, 0.29) is 11.5 Å². The molecule has 0 aromatic heterocycles. The Morgan fingerprint density at radius 3 is 2.25 bits per heavy atom. The number of hydrogen-bond acceptors (Lipinski definition) is 1. The molecule has 1 aromatic carbocycles. The maximum atomic E-state index is 13.1. The van der Waals surface area contributed by atoms with Crippen molar-refractivity contribution in [3.05, 3.63) is 35.4 Å². The Bertz CT molecular complexity index is 424. The van der Waals surface area contributed by atoms with Gasteiger partial charge < -0.3 is 5.11 Å². The smallest absolute Gasteiger partial charge is 0.314 e. The molecule has 0 amide bonds. The summed E-state index contributed by atoms with van der Waals surface area (Å²) in [7, 11) is 0. The van der Waals surface area contributed by atoms with Gasteiger partial charge in [-0.2, -0.15) is 0 Å². The van der Waals surface area contributed by atoms with Crippen LogP contribution in [0.3, 0.4) is 0 Å². The van der Waals surface area contributed by atoms with Crippen LogP contribution in [0.4, 0.5) is 8.78 Å². The van der Waals surface area contributed by atoms with Gasteiger partial charge in [-0.3, -0.25) is 4.79 Å². The van der Waals surface area contributed by atoms with Crippen LogP contribution < -0.4 is 0 Å². The summed E-state index contributed by atoms with van der Waals surface area (Å²) in [4.78, 5) is 11.3. The molecular formula is C12H12F2O2. The quantitative estimate of drug-likeness (QED) is 0.841. The van der Waals surface area contributed by atoms with Crippen LogP contribution in [0.2, 0.25) is 0 Å². The number of carboxylic acids is 1. The van der Waals surface area contributed by atoms with E-state index in [1.807, 2.05) is 0 Å². The summed E-state index contributed by atoms with van der Waals surface area (Å²) in [5.41, 5.74) is -0.876. The molecule has 1 N–H and O–H groups in total. The van der Waals surface area contributed by atoms with Crippen molar-refractivity contribution in [2.24, 2.45) is 5.92 Å². The Morgan fingerprint density at radius 2 is 1.94 bits per heavy atom. The van der Waals surface area contributed by atoms with Gasteiger partial charge in [0.15, 0.2) is 0 Å². The third-order valence-corrected chi connectivity index (χ3v) is 3.57. The van der Waals surface area contributed by atoms with Gasteiger partial charge in [0.2, 0.25) is 0 Å². The molecule has 1 aliphatic carbocycles. The van der Waals surface area contributed by atoms with Crippen molar-refractivity contribution in [3.63, 3.8) is 0 Å². The first kappa shape index (κ1) is 11.0. The average Bonchev–Trinajstić information content (AvgIpc) is 2.14. The molecule has 0 radical (unpaired) electrons. The lowest BCUT2D eigenvalue weighted by molar-refractivity contribution is -0.151. The van der Waals surface area contributed by atoms with Crippen molar-refractivity contribution in [1.29, 1.82) is 0 Å². The number of aliphatic carboxylic acids is 1. The Kier molecular flexibility index (Phi) is 2.45. The van der Waals surface area contributed by atoms with Gasteiger partial charge in [0.05, 0.1) is 5.41 Å². The molecule has 0 bridgehead atoms. The van der Waals surface area contributed by atoms with Gasteiger partial charge in [-0.1, -0.05) is 6.92 Å². The van der Waals surface area contributed by atoms with Gasteiger partial charge in [-0.15, -0.1) is 0 Å². The Hall–Kier alpha value is -1.45. The first-order chi connectivity index (χ1) is 7.46. The molecule has 1 fully saturated rings. The predicted octanol–water partition coefficient (Wildman–Crippen LogP) is 2.72. The van der Waals surface area contributed by atoms with Crippen LogP contribution in [0.5, 0.6) is 0 Å². The minimum absolute atomic E-state index is 0.0915. The van der Waals surface area contributed by atoms with Crippen LogP contribution in [0.25, 0.3) is 0 Å². The van der Waals surface area contributed by atoms with Crippen LogP contribution >= 0.6 is 0 Å². The average molecular weight is 226 g/mol. The summed E-state index contributed by atoms with van der Waals surface area (Å²) in [5, 5.41) is 9.24. The zero-order valence-electron chi connectivity index (χ0n) is 8.84. The van der Waals surface area contributed by atoms with Crippen molar-refractivity contribution in [3.8, 4) is 0 Å². The largest absolute Gasteiger partial charge is 0.481 e. The fourth-order valence-electron chi connectivity index (χ4n) is 2.40. The van der Waals surface area contributed by atoms with Crippen LogP contribution in [0.1, 0.15) is 25.3 Å². The first-order valence-corrected chi connectivity index (χ1v) is 5.17. The summed E-state index contributed by atoms with van der Waals surface area (Å²) in [6.07, 6.45) is 1.21. The van der Waals surface area contributed by atoms with E-state index in [9.17, 15) is 18.7 Å². The predicted molar refractivity (Wildman–Crippen MR) is 54.1 cm³/mol. The molecule has 0 spiro atoms. The van der Waals surface area contributed by atoms with Crippen molar-refractivity contribution in [2.75, 3.05) is 0 Å². The second kappa shape index (κ2) is 3.54. The molecule has 2 atom stereocenters. The van der Waals surface area contributed by atoms with Crippen LogP contribution in [0, 0.1) is 17.6 Å². The molecule has 0 aliphatic heterocycles. The van der Waals surface area contributed by atoms with Crippen molar-refractivity contribution in [2.45, 2.75) is 25.2 Å². The van der Waals surface area contributed by atoms with E-state index in [4.69, 9.17) is 0 Å². The van der Waals surface area contributed by atoms with Gasteiger partial charge in [-0.05, 0) is 36.5 Å². The Balaban J connectivity index is 2.52. The number of rotatable bonds is 2. The van der Waals surface area contributed by atoms with Crippen LogP contribution in [-0.4, -0.2) is 11.1 Å². The van der Waals surface area contributed by atoms with Crippen LogP contribution in [0.15, 0.2) is 18.2 Å². The SMILES string of the molecule is CC1CCC1(C(=O)O)c1cc(F)cc(F)c1. The normalized spacial score (nSPS) is 28.6. The maximum absolute atomic E-state index is 13.1.